The van der Waals surface area contributed by atoms with Crippen molar-refractivity contribution in [1.82, 2.24) is 0 Å². The molecule has 0 radical (unpaired) electrons. The molecular formula is C17H30BrP. The zero-order valence-corrected chi connectivity index (χ0v) is 15.3. The van der Waals surface area contributed by atoms with Gasteiger partial charge in [-0.15, -0.1) is 0 Å². The molecule has 110 valence electrons. The molecule has 0 heterocycles. The van der Waals surface area contributed by atoms with E-state index < -0.39 is 5.31 Å². The molecule has 0 aliphatic carbocycles. The van der Waals surface area contributed by atoms with Crippen LogP contribution in [0, 0.1) is 0 Å². The van der Waals surface area contributed by atoms with Crippen LogP contribution in [0.3, 0.4) is 0 Å². The van der Waals surface area contributed by atoms with E-state index in [9.17, 15) is 0 Å². The molecule has 0 fully saturated rings. The molecule has 0 aliphatic heterocycles. The van der Waals surface area contributed by atoms with Crippen molar-refractivity contribution in [2.75, 3.05) is 19.5 Å². The summed E-state index contributed by atoms with van der Waals surface area (Å²) in [5.41, 5.74) is 1.48. The minimum absolute atomic E-state index is 1.22. The van der Waals surface area contributed by atoms with Gasteiger partial charge in [-0.05, 0) is 0 Å². The van der Waals surface area contributed by atoms with E-state index in [1.807, 2.05) is 0 Å². The fraction of sp³-hybridized carbons (Fsp3) is 0.647. The Morgan fingerprint density at radius 2 is 1.47 bits per heavy atom. The van der Waals surface area contributed by atoms with Crippen molar-refractivity contribution in [1.29, 1.82) is 0 Å². The standard InChI is InChI=1S/C17H30BrP/c1-4-5-6-7-8-12-15-19(2,3,18)16-17-13-10-9-11-14-17/h9-11,13-14H,4-8,12,15-16H2,1-3H3. The molecular weight excluding hydrogens is 315 g/mol. The first-order valence-electron chi connectivity index (χ1n) is 7.67. The second-order valence-corrected chi connectivity index (χ2v) is 19.7. The Labute approximate surface area is 128 Å². The normalized spacial score (nSPS) is 14.0. The van der Waals surface area contributed by atoms with Gasteiger partial charge in [0, 0.05) is 0 Å². The minimum atomic E-state index is -1.67. The third-order valence-electron chi connectivity index (χ3n) is 3.71. The van der Waals surface area contributed by atoms with Crippen LogP contribution in [0.25, 0.3) is 0 Å². The van der Waals surface area contributed by atoms with E-state index in [1.54, 1.807) is 0 Å². The Hall–Kier alpha value is 0.130. The molecule has 0 spiro atoms. The third kappa shape index (κ3) is 8.10. The van der Waals surface area contributed by atoms with E-state index in [-0.39, 0.29) is 0 Å². The first kappa shape index (κ1) is 17.2. The maximum absolute atomic E-state index is 4.14. The molecule has 0 bridgehead atoms. The summed E-state index contributed by atoms with van der Waals surface area (Å²) in [5, 5.41) is -1.67. The number of benzene rings is 1. The van der Waals surface area contributed by atoms with Gasteiger partial charge in [-0.1, -0.05) is 0 Å². The summed E-state index contributed by atoms with van der Waals surface area (Å²) in [6, 6.07) is 10.9. The maximum atomic E-state index is 4.14. The van der Waals surface area contributed by atoms with Crippen LogP contribution >= 0.6 is 20.8 Å². The molecule has 0 N–H and O–H groups in total. The molecule has 0 amide bonds. The number of unbranched alkanes of at least 4 members (excludes halogenated alkanes) is 5. The Bertz CT molecular complexity index is 351. The third-order valence-corrected chi connectivity index (χ3v) is 8.57. The van der Waals surface area contributed by atoms with Crippen molar-refractivity contribution in [3.05, 3.63) is 35.9 Å². The van der Waals surface area contributed by atoms with Crippen LogP contribution in [0.1, 0.15) is 51.0 Å². The molecule has 1 rings (SSSR count). The summed E-state index contributed by atoms with van der Waals surface area (Å²) in [5.74, 6) is 0. The molecule has 2 heteroatoms. The SMILES string of the molecule is CCCCCCCCP(C)(C)(Br)Cc1ccccc1. The Morgan fingerprint density at radius 3 is 2.11 bits per heavy atom. The monoisotopic (exact) mass is 344 g/mol. The van der Waals surface area contributed by atoms with Crippen LogP contribution < -0.4 is 0 Å². The average molecular weight is 345 g/mol. The number of rotatable bonds is 9. The Balaban J connectivity index is 2.36. The van der Waals surface area contributed by atoms with Gasteiger partial charge in [0.1, 0.15) is 0 Å². The van der Waals surface area contributed by atoms with E-state index in [1.165, 1.54) is 56.4 Å². The summed E-state index contributed by atoms with van der Waals surface area (Å²) < 4.78 is 0. The first-order valence-corrected chi connectivity index (χ1v) is 13.2. The molecule has 0 aromatic heterocycles. The van der Waals surface area contributed by atoms with Crippen molar-refractivity contribution in [3.63, 3.8) is 0 Å². The number of hydrogen-bond donors (Lipinski definition) is 0. The quantitative estimate of drug-likeness (QED) is 0.346. The van der Waals surface area contributed by atoms with E-state index >= 15 is 0 Å². The van der Waals surface area contributed by atoms with Crippen molar-refractivity contribution in [2.24, 2.45) is 0 Å². The van der Waals surface area contributed by atoms with Crippen LogP contribution in [-0.2, 0) is 6.16 Å². The topological polar surface area (TPSA) is 0 Å². The Morgan fingerprint density at radius 1 is 0.895 bits per heavy atom. The van der Waals surface area contributed by atoms with Gasteiger partial charge >= 0.3 is 128 Å². The van der Waals surface area contributed by atoms with Gasteiger partial charge < -0.3 is 0 Å². The Kier molecular flexibility index (Phi) is 7.05. The van der Waals surface area contributed by atoms with Crippen LogP contribution in [0.5, 0.6) is 0 Å². The molecule has 0 aliphatic rings. The molecule has 0 atom stereocenters. The summed E-state index contributed by atoms with van der Waals surface area (Å²) in [6.45, 7) is 7.23. The average Bonchev–Trinajstić information content (AvgIpc) is 2.33. The van der Waals surface area contributed by atoms with E-state index in [0.29, 0.717) is 0 Å². The summed E-state index contributed by atoms with van der Waals surface area (Å²) >= 11 is 4.14. The van der Waals surface area contributed by atoms with Gasteiger partial charge in [-0.25, -0.2) is 0 Å². The van der Waals surface area contributed by atoms with E-state index in [0.717, 1.165) is 0 Å². The molecule has 0 nitrogen and oxygen atoms in total. The molecule has 19 heavy (non-hydrogen) atoms. The van der Waals surface area contributed by atoms with Gasteiger partial charge in [0.2, 0.25) is 0 Å². The van der Waals surface area contributed by atoms with Crippen molar-refractivity contribution >= 4 is 20.8 Å². The molecule has 1 aromatic rings. The molecule has 1 aromatic carbocycles. The fourth-order valence-electron chi connectivity index (χ4n) is 2.61. The van der Waals surface area contributed by atoms with Crippen molar-refractivity contribution < 1.29 is 0 Å². The zero-order chi connectivity index (χ0) is 14.2. The van der Waals surface area contributed by atoms with Gasteiger partial charge in [0.25, 0.3) is 0 Å². The summed E-state index contributed by atoms with van der Waals surface area (Å²) in [7, 11) is 0. The van der Waals surface area contributed by atoms with E-state index in [4.69, 9.17) is 0 Å². The first-order chi connectivity index (χ1) is 8.91. The summed E-state index contributed by atoms with van der Waals surface area (Å²) in [6.07, 6.45) is 11.0. The number of halogens is 1. The second kappa shape index (κ2) is 7.79. The predicted octanol–water partition coefficient (Wildman–Crippen LogP) is 6.67. The predicted molar refractivity (Wildman–Crippen MR) is 96.1 cm³/mol. The van der Waals surface area contributed by atoms with Crippen LogP contribution in [0.15, 0.2) is 30.3 Å². The van der Waals surface area contributed by atoms with Crippen LogP contribution in [-0.4, -0.2) is 19.5 Å². The second-order valence-electron chi connectivity index (χ2n) is 6.65. The van der Waals surface area contributed by atoms with Gasteiger partial charge in [0.05, 0.1) is 0 Å². The van der Waals surface area contributed by atoms with Crippen LogP contribution in [0.4, 0.5) is 0 Å². The molecule has 0 unspecified atom stereocenters. The van der Waals surface area contributed by atoms with Gasteiger partial charge in [0.15, 0.2) is 0 Å². The van der Waals surface area contributed by atoms with Crippen LogP contribution in [0.2, 0.25) is 0 Å². The van der Waals surface area contributed by atoms with E-state index in [2.05, 4.69) is 66.1 Å². The molecule has 0 saturated heterocycles. The van der Waals surface area contributed by atoms with Crippen molar-refractivity contribution in [2.45, 2.75) is 51.6 Å². The summed E-state index contributed by atoms with van der Waals surface area (Å²) in [4.78, 5) is 0. The fourth-order valence-corrected chi connectivity index (χ4v) is 6.92. The number of hydrogen-bond acceptors (Lipinski definition) is 0. The zero-order valence-electron chi connectivity index (χ0n) is 12.9. The molecule has 0 saturated carbocycles. The van der Waals surface area contributed by atoms with Gasteiger partial charge in [-0.2, -0.15) is 0 Å². The van der Waals surface area contributed by atoms with Gasteiger partial charge in [-0.3, -0.25) is 0 Å². The van der Waals surface area contributed by atoms with Crippen molar-refractivity contribution in [3.8, 4) is 0 Å².